The Morgan fingerprint density at radius 3 is 2.14 bits per heavy atom. The second-order valence-electron chi connectivity index (χ2n) is 5.94. The van der Waals surface area contributed by atoms with E-state index in [1.165, 1.54) is 56.9 Å². The predicted octanol–water partition coefficient (Wildman–Crippen LogP) is 3.74. The van der Waals surface area contributed by atoms with Crippen molar-refractivity contribution in [3.63, 3.8) is 0 Å². The molecule has 0 aliphatic rings. The number of anilines is 2. The molecule has 2 amide bonds. The maximum absolute atomic E-state index is 13.0. The molecule has 0 unspecified atom stereocenters. The number of nitrogens with one attached hydrogen (secondary N) is 2. The van der Waals surface area contributed by atoms with Crippen LogP contribution < -0.4 is 20.1 Å². The van der Waals surface area contributed by atoms with Gasteiger partial charge in [-0.15, -0.1) is 0 Å². The molecule has 1 heterocycles. The van der Waals surface area contributed by atoms with Crippen LogP contribution in [0.4, 0.5) is 15.8 Å². The zero-order valence-corrected chi connectivity index (χ0v) is 15.7. The molecule has 0 aliphatic heterocycles. The predicted molar refractivity (Wildman–Crippen MR) is 106 cm³/mol. The first-order chi connectivity index (χ1) is 14.0. The normalized spacial score (nSPS) is 10.2. The van der Waals surface area contributed by atoms with Crippen molar-refractivity contribution in [3.05, 3.63) is 77.9 Å². The molecule has 3 aromatic rings. The van der Waals surface area contributed by atoms with Crippen LogP contribution in [0.2, 0.25) is 0 Å². The molecular weight excluding hydrogens is 377 g/mol. The van der Waals surface area contributed by atoms with Crippen LogP contribution in [0.3, 0.4) is 0 Å². The Hall–Kier alpha value is -3.94. The summed E-state index contributed by atoms with van der Waals surface area (Å²) in [5.41, 5.74) is 1.24. The van der Waals surface area contributed by atoms with Crippen molar-refractivity contribution in [2.24, 2.45) is 0 Å². The molecule has 3 rings (SSSR count). The Bertz CT molecular complexity index is 1040. The molecule has 2 N–H and O–H groups in total. The fourth-order valence-electron chi connectivity index (χ4n) is 2.52. The summed E-state index contributed by atoms with van der Waals surface area (Å²) in [5, 5.41) is 5.34. The second-order valence-corrected chi connectivity index (χ2v) is 5.94. The topological polar surface area (TPSA) is 89.5 Å². The maximum Gasteiger partial charge on any atom is 0.257 e. The monoisotopic (exact) mass is 395 g/mol. The number of methoxy groups -OCH3 is 2. The van der Waals surface area contributed by atoms with Crippen LogP contribution in [0.5, 0.6) is 11.5 Å². The van der Waals surface area contributed by atoms with E-state index < -0.39 is 17.6 Å². The molecule has 8 heteroatoms. The van der Waals surface area contributed by atoms with E-state index in [9.17, 15) is 14.0 Å². The molecule has 2 aromatic carbocycles. The smallest absolute Gasteiger partial charge is 0.257 e. The van der Waals surface area contributed by atoms with Gasteiger partial charge < -0.3 is 20.1 Å². The third-order valence-corrected chi connectivity index (χ3v) is 4.02. The van der Waals surface area contributed by atoms with Crippen molar-refractivity contribution in [1.82, 2.24) is 4.98 Å². The fraction of sp³-hybridized carbons (Fsp3) is 0.0952. The number of halogens is 1. The highest BCUT2D eigenvalue weighted by atomic mass is 19.1. The first-order valence-electron chi connectivity index (χ1n) is 8.55. The highest BCUT2D eigenvalue weighted by Gasteiger charge is 2.14. The number of benzene rings is 2. The number of carbonyl (C=O) groups excluding carboxylic acids is 2. The van der Waals surface area contributed by atoms with Crippen LogP contribution in [0.25, 0.3) is 0 Å². The molecule has 0 saturated carbocycles. The highest BCUT2D eigenvalue weighted by molar-refractivity contribution is 6.08. The van der Waals surface area contributed by atoms with Gasteiger partial charge in [-0.1, -0.05) is 0 Å². The number of carbonyl (C=O) groups is 2. The average Bonchev–Trinajstić information content (AvgIpc) is 2.75. The van der Waals surface area contributed by atoms with Gasteiger partial charge in [-0.25, -0.2) is 4.39 Å². The first-order valence-corrected chi connectivity index (χ1v) is 8.55. The van der Waals surface area contributed by atoms with E-state index in [0.717, 1.165) is 0 Å². The third-order valence-electron chi connectivity index (χ3n) is 4.02. The number of hydrogen-bond acceptors (Lipinski definition) is 5. The summed E-state index contributed by atoms with van der Waals surface area (Å²) in [7, 11) is 3.01. The molecule has 0 saturated heterocycles. The third kappa shape index (κ3) is 4.86. The van der Waals surface area contributed by atoms with E-state index in [4.69, 9.17) is 9.47 Å². The van der Waals surface area contributed by atoms with Crippen molar-refractivity contribution in [1.29, 1.82) is 0 Å². The Balaban J connectivity index is 1.75. The van der Waals surface area contributed by atoms with Crippen molar-refractivity contribution < 1.29 is 23.5 Å². The summed E-state index contributed by atoms with van der Waals surface area (Å²) in [6, 6.07) is 11.7. The summed E-state index contributed by atoms with van der Waals surface area (Å²) >= 11 is 0. The van der Waals surface area contributed by atoms with Crippen LogP contribution in [-0.2, 0) is 0 Å². The minimum absolute atomic E-state index is 0.184. The van der Waals surface area contributed by atoms with E-state index in [1.807, 2.05) is 0 Å². The zero-order chi connectivity index (χ0) is 20.8. The fourth-order valence-corrected chi connectivity index (χ4v) is 2.52. The molecule has 0 fully saturated rings. The van der Waals surface area contributed by atoms with E-state index in [1.54, 1.807) is 18.2 Å². The van der Waals surface area contributed by atoms with Crippen molar-refractivity contribution >= 4 is 23.2 Å². The van der Waals surface area contributed by atoms with Crippen LogP contribution in [0.1, 0.15) is 20.7 Å². The Kier molecular flexibility index (Phi) is 6.03. The lowest BCUT2D eigenvalue weighted by Crippen LogP contribution is -2.16. The number of hydrogen-bond donors (Lipinski definition) is 2. The van der Waals surface area contributed by atoms with Gasteiger partial charge in [-0.3, -0.25) is 14.6 Å². The summed E-state index contributed by atoms with van der Waals surface area (Å²) in [4.78, 5) is 28.9. The summed E-state index contributed by atoms with van der Waals surface area (Å²) in [6.45, 7) is 0. The van der Waals surface area contributed by atoms with Gasteiger partial charge in [0.1, 0.15) is 17.3 Å². The lowest BCUT2D eigenvalue weighted by molar-refractivity contribution is 0.102. The molecule has 7 nitrogen and oxygen atoms in total. The Morgan fingerprint density at radius 2 is 1.52 bits per heavy atom. The van der Waals surface area contributed by atoms with Gasteiger partial charge in [0.2, 0.25) is 0 Å². The molecule has 0 aliphatic carbocycles. The van der Waals surface area contributed by atoms with E-state index in [-0.39, 0.29) is 11.1 Å². The molecule has 148 valence electrons. The molecule has 1 aromatic heterocycles. The summed E-state index contributed by atoms with van der Waals surface area (Å²) in [5.74, 6) is -0.327. The summed E-state index contributed by atoms with van der Waals surface area (Å²) < 4.78 is 23.4. The van der Waals surface area contributed by atoms with Gasteiger partial charge in [-0.05, 0) is 42.5 Å². The molecule has 0 bridgehead atoms. The first kappa shape index (κ1) is 19.8. The van der Waals surface area contributed by atoms with Crippen LogP contribution in [-0.4, -0.2) is 31.0 Å². The number of amides is 2. The Morgan fingerprint density at radius 1 is 0.862 bits per heavy atom. The molecule has 29 heavy (non-hydrogen) atoms. The molecular formula is C21H18FN3O4. The van der Waals surface area contributed by atoms with Gasteiger partial charge >= 0.3 is 0 Å². The van der Waals surface area contributed by atoms with Crippen molar-refractivity contribution in [3.8, 4) is 11.5 Å². The Labute approximate surface area is 166 Å². The number of nitrogens with zero attached hydrogens (tertiary/aromatic N) is 1. The SMILES string of the molecule is COc1ccc(NC(=O)c2cncc(C(=O)Nc3ccc(F)cc3)c2)c(OC)c1. The maximum atomic E-state index is 13.0. The lowest BCUT2D eigenvalue weighted by atomic mass is 10.1. The van der Waals surface area contributed by atoms with Crippen LogP contribution >= 0.6 is 0 Å². The zero-order valence-electron chi connectivity index (χ0n) is 15.7. The molecule has 0 radical (unpaired) electrons. The second kappa shape index (κ2) is 8.83. The minimum atomic E-state index is -0.471. The lowest BCUT2D eigenvalue weighted by Gasteiger charge is -2.12. The largest absolute Gasteiger partial charge is 0.497 e. The highest BCUT2D eigenvalue weighted by Crippen LogP contribution is 2.29. The summed E-state index contributed by atoms with van der Waals surface area (Å²) in [6.07, 6.45) is 2.68. The van der Waals surface area contributed by atoms with E-state index in [2.05, 4.69) is 15.6 Å². The minimum Gasteiger partial charge on any atom is -0.497 e. The van der Waals surface area contributed by atoms with E-state index in [0.29, 0.717) is 22.9 Å². The van der Waals surface area contributed by atoms with Crippen LogP contribution in [0.15, 0.2) is 60.9 Å². The van der Waals surface area contributed by atoms with Gasteiger partial charge in [-0.2, -0.15) is 0 Å². The number of pyridine rings is 1. The number of aromatic nitrogens is 1. The van der Waals surface area contributed by atoms with Crippen LogP contribution in [0, 0.1) is 5.82 Å². The van der Waals surface area contributed by atoms with Gasteiger partial charge in [0.25, 0.3) is 11.8 Å². The quantitative estimate of drug-likeness (QED) is 0.664. The number of ether oxygens (including phenoxy) is 2. The number of rotatable bonds is 6. The van der Waals surface area contributed by atoms with Crippen molar-refractivity contribution in [2.75, 3.05) is 24.9 Å². The molecule has 0 atom stereocenters. The van der Waals surface area contributed by atoms with Gasteiger partial charge in [0, 0.05) is 24.1 Å². The average molecular weight is 395 g/mol. The molecule has 0 spiro atoms. The van der Waals surface area contributed by atoms with Gasteiger partial charge in [0.05, 0.1) is 31.0 Å². The standard InChI is InChI=1S/C21H18FN3O4/c1-28-17-7-8-18(19(10-17)29-2)25-21(27)14-9-13(11-23-12-14)20(26)24-16-5-3-15(22)4-6-16/h3-12H,1-2H3,(H,24,26)(H,25,27). The van der Waals surface area contributed by atoms with Crippen molar-refractivity contribution in [2.45, 2.75) is 0 Å². The van der Waals surface area contributed by atoms with Gasteiger partial charge in [0.15, 0.2) is 0 Å². The van der Waals surface area contributed by atoms with E-state index >= 15 is 0 Å².